The highest BCUT2D eigenvalue weighted by atomic mass is 19.3. The van der Waals surface area contributed by atoms with Crippen LogP contribution in [0.3, 0.4) is 0 Å². The Kier molecular flexibility index (Phi) is 6.16. The van der Waals surface area contributed by atoms with Gasteiger partial charge >= 0.3 is 0 Å². The minimum Gasteiger partial charge on any atom is -0.390 e. The molecule has 0 amide bonds. The monoisotopic (exact) mass is 454 g/mol. The minimum absolute atomic E-state index is 0.0264. The number of halogens is 2. The van der Waals surface area contributed by atoms with Gasteiger partial charge < -0.3 is 15.3 Å². The largest absolute Gasteiger partial charge is 0.390 e. The number of rotatable bonds is 5. The molecule has 3 saturated carbocycles. The van der Waals surface area contributed by atoms with Gasteiger partial charge in [0.2, 0.25) is 0 Å². The zero-order valence-electron chi connectivity index (χ0n) is 20.6. The van der Waals surface area contributed by atoms with Crippen LogP contribution >= 0.6 is 0 Å². The van der Waals surface area contributed by atoms with Crippen molar-refractivity contribution in [3.8, 4) is 0 Å². The Balaban J connectivity index is 1.50. The molecule has 3 N–H and O–H groups in total. The molecule has 0 aromatic carbocycles. The van der Waals surface area contributed by atoms with Gasteiger partial charge in [-0.15, -0.1) is 0 Å². The SMILES string of the molecule is C[C@H](CCC(F)(F)C(C)(C)O)C1CCC2C3CC=C4C(O)C(O)CCC4(C)C3CCC21C. The summed E-state index contributed by atoms with van der Waals surface area (Å²) in [5.74, 6) is -0.684. The van der Waals surface area contributed by atoms with Gasteiger partial charge in [0, 0.05) is 6.42 Å². The summed E-state index contributed by atoms with van der Waals surface area (Å²) in [4.78, 5) is 0. The number of aliphatic hydroxyl groups is 3. The Morgan fingerprint density at radius 1 is 1.06 bits per heavy atom. The van der Waals surface area contributed by atoms with E-state index in [0.717, 1.165) is 37.7 Å². The summed E-state index contributed by atoms with van der Waals surface area (Å²) in [6.45, 7) is 9.28. The predicted octanol–water partition coefficient (Wildman–Crippen LogP) is 5.72. The third kappa shape index (κ3) is 3.69. The summed E-state index contributed by atoms with van der Waals surface area (Å²) in [5, 5.41) is 30.7. The van der Waals surface area contributed by atoms with Gasteiger partial charge in [0.1, 0.15) is 11.7 Å². The van der Waals surface area contributed by atoms with Crippen LogP contribution in [0.2, 0.25) is 0 Å². The molecule has 3 fully saturated rings. The third-order valence-electron chi connectivity index (χ3n) is 10.7. The fourth-order valence-electron chi connectivity index (χ4n) is 8.61. The second kappa shape index (κ2) is 8.02. The third-order valence-corrected chi connectivity index (χ3v) is 10.7. The summed E-state index contributed by atoms with van der Waals surface area (Å²) < 4.78 is 28.8. The van der Waals surface area contributed by atoms with E-state index < -0.39 is 23.7 Å². The van der Waals surface area contributed by atoms with Crippen molar-refractivity contribution in [3.05, 3.63) is 11.6 Å². The molecule has 4 aliphatic rings. The zero-order chi connectivity index (χ0) is 23.7. The van der Waals surface area contributed by atoms with Crippen LogP contribution < -0.4 is 0 Å². The molecule has 0 spiro atoms. The van der Waals surface area contributed by atoms with Crippen molar-refractivity contribution in [2.45, 2.75) is 116 Å². The summed E-state index contributed by atoms with van der Waals surface area (Å²) in [7, 11) is 0. The predicted molar refractivity (Wildman–Crippen MR) is 122 cm³/mol. The highest BCUT2D eigenvalue weighted by Crippen LogP contribution is 2.67. The first-order valence-corrected chi connectivity index (χ1v) is 12.9. The molecule has 0 aromatic heterocycles. The topological polar surface area (TPSA) is 60.7 Å². The number of allylic oxidation sites excluding steroid dienone is 1. The second-order valence-electron chi connectivity index (χ2n) is 12.7. The fraction of sp³-hybridized carbons (Fsp3) is 0.926. The molecule has 9 atom stereocenters. The number of hydrogen-bond acceptors (Lipinski definition) is 3. The number of hydrogen-bond donors (Lipinski definition) is 3. The van der Waals surface area contributed by atoms with Crippen LogP contribution in [0, 0.1) is 40.4 Å². The molecule has 0 radical (unpaired) electrons. The lowest BCUT2D eigenvalue weighted by molar-refractivity contribution is -0.168. The van der Waals surface area contributed by atoms with E-state index in [0.29, 0.717) is 36.5 Å². The van der Waals surface area contributed by atoms with E-state index in [1.807, 2.05) is 0 Å². The molecular formula is C27H44F2O3. The first-order chi connectivity index (χ1) is 14.7. The Morgan fingerprint density at radius 3 is 2.41 bits per heavy atom. The van der Waals surface area contributed by atoms with Crippen molar-refractivity contribution in [3.63, 3.8) is 0 Å². The van der Waals surface area contributed by atoms with Crippen molar-refractivity contribution in [2.24, 2.45) is 40.4 Å². The van der Waals surface area contributed by atoms with Gasteiger partial charge in [0.05, 0.1) is 6.10 Å². The average molecular weight is 455 g/mol. The minimum atomic E-state index is -3.07. The maximum Gasteiger partial charge on any atom is 0.275 e. The number of fused-ring (bicyclic) bond motifs is 5. The van der Waals surface area contributed by atoms with E-state index in [1.54, 1.807) is 0 Å². The molecule has 32 heavy (non-hydrogen) atoms. The normalized spacial score (nSPS) is 45.5. The molecule has 0 aromatic rings. The standard InChI is InChI=1S/C27H44F2O3/c1-16(10-15-27(28,29)24(2,3)32)18-8-9-19-17-6-7-21-23(31)22(30)12-14-26(21,5)20(17)11-13-25(18,19)4/h7,16-20,22-23,30-32H,6,8-15H2,1-5H3/t16-,17?,18?,19?,20?,22?,23?,25?,26?/m1/s1. The van der Waals surface area contributed by atoms with Crippen LogP contribution in [0.4, 0.5) is 8.78 Å². The van der Waals surface area contributed by atoms with Crippen LogP contribution in [0.5, 0.6) is 0 Å². The quantitative estimate of drug-likeness (QED) is 0.466. The molecule has 8 unspecified atom stereocenters. The summed E-state index contributed by atoms with van der Waals surface area (Å²) in [6.07, 6.45) is 8.15. The smallest absolute Gasteiger partial charge is 0.275 e. The van der Waals surface area contributed by atoms with Crippen molar-refractivity contribution < 1.29 is 24.1 Å². The van der Waals surface area contributed by atoms with Crippen molar-refractivity contribution in [2.75, 3.05) is 0 Å². The number of alkyl halides is 2. The van der Waals surface area contributed by atoms with Crippen molar-refractivity contribution in [1.29, 1.82) is 0 Å². The molecule has 0 saturated heterocycles. The molecule has 0 bridgehead atoms. The van der Waals surface area contributed by atoms with Gasteiger partial charge in [-0.2, -0.15) is 0 Å². The zero-order valence-corrected chi connectivity index (χ0v) is 20.6. The lowest BCUT2D eigenvalue weighted by atomic mass is 9.46. The van der Waals surface area contributed by atoms with Crippen molar-refractivity contribution >= 4 is 0 Å². The maximum absolute atomic E-state index is 14.4. The Hall–Kier alpha value is -0.520. The van der Waals surface area contributed by atoms with Crippen LogP contribution in [-0.2, 0) is 0 Å². The first-order valence-electron chi connectivity index (χ1n) is 12.9. The Bertz CT molecular complexity index is 744. The van der Waals surface area contributed by atoms with E-state index in [2.05, 4.69) is 26.8 Å². The van der Waals surface area contributed by atoms with Crippen LogP contribution in [0.25, 0.3) is 0 Å². The van der Waals surface area contributed by atoms with E-state index in [1.165, 1.54) is 20.3 Å². The lowest BCUT2D eigenvalue weighted by Gasteiger charge is -2.59. The van der Waals surface area contributed by atoms with Gasteiger partial charge in [-0.25, -0.2) is 8.78 Å². The summed E-state index contributed by atoms with van der Waals surface area (Å²) in [5.41, 5.74) is -0.759. The van der Waals surface area contributed by atoms with E-state index >= 15 is 0 Å². The van der Waals surface area contributed by atoms with E-state index in [4.69, 9.17) is 0 Å². The highest BCUT2D eigenvalue weighted by molar-refractivity contribution is 5.29. The molecule has 3 nitrogen and oxygen atoms in total. The summed E-state index contributed by atoms with van der Waals surface area (Å²) >= 11 is 0. The lowest BCUT2D eigenvalue weighted by Crippen LogP contribution is -2.53. The van der Waals surface area contributed by atoms with Gasteiger partial charge in [-0.1, -0.05) is 26.8 Å². The number of aliphatic hydroxyl groups excluding tert-OH is 2. The van der Waals surface area contributed by atoms with Gasteiger partial charge in [-0.3, -0.25) is 0 Å². The maximum atomic E-state index is 14.4. The Morgan fingerprint density at radius 2 is 1.75 bits per heavy atom. The van der Waals surface area contributed by atoms with Crippen LogP contribution in [0.15, 0.2) is 11.6 Å². The second-order valence-corrected chi connectivity index (χ2v) is 12.7. The molecule has 4 rings (SSSR count). The summed E-state index contributed by atoms with van der Waals surface area (Å²) in [6, 6.07) is 0. The van der Waals surface area contributed by atoms with E-state index in [9.17, 15) is 24.1 Å². The molecule has 4 aliphatic carbocycles. The molecule has 0 heterocycles. The van der Waals surface area contributed by atoms with Gasteiger partial charge in [-0.05, 0) is 111 Å². The first kappa shape index (κ1) is 24.6. The van der Waals surface area contributed by atoms with Gasteiger partial charge in [0.15, 0.2) is 0 Å². The fourth-order valence-corrected chi connectivity index (χ4v) is 8.61. The van der Waals surface area contributed by atoms with Crippen LogP contribution in [0.1, 0.15) is 92.4 Å². The molecular weight excluding hydrogens is 410 g/mol. The Labute approximate surface area is 192 Å². The molecule has 5 heteroatoms. The van der Waals surface area contributed by atoms with Gasteiger partial charge in [0.25, 0.3) is 5.92 Å². The highest BCUT2D eigenvalue weighted by Gasteiger charge is 2.60. The average Bonchev–Trinajstić information content (AvgIpc) is 3.06. The van der Waals surface area contributed by atoms with E-state index in [-0.39, 0.29) is 23.2 Å². The molecule has 184 valence electrons. The van der Waals surface area contributed by atoms with Crippen molar-refractivity contribution in [1.82, 2.24) is 0 Å². The molecule has 0 aliphatic heterocycles. The van der Waals surface area contributed by atoms with Crippen LogP contribution in [-0.4, -0.2) is 39.1 Å².